The molecule has 0 unspecified atom stereocenters. The Hall–Kier alpha value is -1.55. The summed E-state index contributed by atoms with van der Waals surface area (Å²) in [6, 6.07) is 9.93. The van der Waals surface area contributed by atoms with Crippen LogP contribution >= 0.6 is 12.2 Å². The number of nitrogens with one attached hydrogen (secondary N) is 1. The van der Waals surface area contributed by atoms with Crippen molar-refractivity contribution in [3.8, 4) is 5.69 Å². The molecule has 0 bridgehead atoms. The van der Waals surface area contributed by atoms with Crippen LogP contribution in [0.5, 0.6) is 0 Å². The standard InChI is InChI=1S/C17H25N5O2S2/c1-2-12-26(23,24)19-15-8-10-20(11-9-15)14-22-17(25)21(13-18-22)16-6-4-3-5-7-16/h3-7,13,15,19H,2,8-12,14H2,1H3. The topological polar surface area (TPSA) is 72.2 Å². The minimum absolute atomic E-state index is 0.0256. The zero-order valence-corrected chi connectivity index (χ0v) is 16.5. The van der Waals surface area contributed by atoms with Crippen LogP contribution in [0, 0.1) is 4.77 Å². The first kappa shape index (κ1) is 19.2. The fraction of sp³-hybridized carbons (Fsp3) is 0.529. The molecule has 3 rings (SSSR count). The highest BCUT2D eigenvalue weighted by atomic mass is 32.2. The maximum atomic E-state index is 11.9. The molecule has 1 aliphatic heterocycles. The van der Waals surface area contributed by atoms with Gasteiger partial charge >= 0.3 is 0 Å². The summed E-state index contributed by atoms with van der Waals surface area (Å²) >= 11 is 5.54. The van der Waals surface area contributed by atoms with E-state index in [4.69, 9.17) is 12.2 Å². The summed E-state index contributed by atoms with van der Waals surface area (Å²) in [5.41, 5.74) is 0.993. The Kier molecular flexibility index (Phi) is 6.23. The van der Waals surface area contributed by atoms with Gasteiger partial charge in [0.1, 0.15) is 6.33 Å². The Morgan fingerprint density at radius 1 is 1.23 bits per heavy atom. The minimum atomic E-state index is -3.15. The van der Waals surface area contributed by atoms with Gasteiger partial charge in [0.15, 0.2) is 0 Å². The van der Waals surface area contributed by atoms with Gasteiger partial charge in [0.05, 0.1) is 12.4 Å². The Morgan fingerprint density at radius 2 is 1.92 bits per heavy atom. The predicted octanol–water partition coefficient (Wildman–Crippen LogP) is 2.15. The van der Waals surface area contributed by atoms with Gasteiger partial charge in [-0.25, -0.2) is 17.8 Å². The van der Waals surface area contributed by atoms with Crippen LogP contribution in [0.2, 0.25) is 0 Å². The minimum Gasteiger partial charge on any atom is -0.284 e. The summed E-state index contributed by atoms with van der Waals surface area (Å²) < 4.78 is 31.0. The zero-order valence-electron chi connectivity index (χ0n) is 14.9. The molecule has 7 nitrogen and oxygen atoms in total. The largest absolute Gasteiger partial charge is 0.284 e. The van der Waals surface area contributed by atoms with Crippen molar-refractivity contribution in [2.24, 2.45) is 0 Å². The number of benzene rings is 1. The van der Waals surface area contributed by atoms with E-state index in [0.717, 1.165) is 31.6 Å². The molecule has 1 aliphatic rings. The van der Waals surface area contributed by atoms with Gasteiger partial charge in [-0.1, -0.05) is 25.1 Å². The summed E-state index contributed by atoms with van der Waals surface area (Å²) in [6.07, 6.45) is 3.98. The van der Waals surface area contributed by atoms with Crippen molar-refractivity contribution in [2.45, 2.75) is 38.9 Å². The summed E-state index contributed by atoms with van der Waals surface area (Å²) in [4.78, 5) is 2.25. The molecule has 1 saturated heterocycles. The molecule has 0 amide bonds. The molecular formula is C17H25N5O2S2. The zero-order chi connectivity index (χ0) is 18.6. The molecule has 2 heterocycles. The van der Waals surface area contributed by atoms with E-state index in [2.05, 4.69) is 14.7 Å². The third-order valence-electron chi connectivity index (χ3n) is 4.51. The van der Waals surface area contributed by atoms with Crippen LogP contribution in [0.4, 0.5) is 0 Å². The predicted molar refractivity (Wildman–Crippen MR) is 104 cm³/mol. The van der Waals surface area contributed by atoms with E-state index in [-0.39, 0.29) is 11.8 Å². The summed E-state index contributed by atoms with van der Waals surface area (Å²) in [6.45, 7) is 4.13. The number of rotatable bonds is 7. The van der Waals surface area contributed by atoms with Crippen LogP contribution in [-0.2, 0) is 16.7 Å². The molecular weight excluding hydrogens is 370 g/mol. The van der Waals surface area contributed by atoms with Crippen molar-refractivity contribution < 1.29 is 8.42 Å². The van der Waals surface area contributed by atoms with Crippen molar-refractivity contribution in [3.63, 3.8) is 0 Å². The summed E-state index contributed by atoms with van der Waals surface area (Å²) in [5, 5.41) is 4.41. The van der Waals surface area contributed by atoms with E-state index in [1.807, 2.05) is 46.5 Å². The van der Waals surface area contributed by atoms with Gasteiger partial charge in [0, 0.05) is 24.8 Å². The van der Waals surface area contributed by atoms with Crippen LogP contribution in [0.15, 0.2) is 36.7 Å². The molecule has 0 aliphatic carbocycles. The smallest absolute Gasteiger partial charge is 0.211 e. The molecule has 0 saturated carbocycles. The summed E-state index contributed by atoms with van der Waals surface area (Å²) in [7, 11) is -3.15. The third kappa shape index (κ3) is 4.79. The van der Waals surface area contributed by atoms with Gasteiger partial charge in [0.25, 0.3) is 0 Å². The second kappa shape index (κ2) is 8.43. The van der Waals surface area contributed by atoms with Gasteiger partial charge in [-0.2, -0.15) is 5.10 Å². The third-order valence-corrected chi connectivity index (χ3v) is 6.55. The maximum absolute atomic E-state index is 11.9. The monoisotopic (exact) mass is 395 g/mol. The molecule has 0 spiro atoms. The summed E-state index contributed by atoms with van der Waals surface area (Å²) in [5.74, 6) is 0.194. The second-order valence-corrected chi connectivity index (χ2v) is 8.83. The molecule has 1 aromatic carbocycles. The number of sulfonamides is 1. The average molecular weight is 396 g/mol. The number of likely N-dealkylation sites (tertiary alicyclic amines) is 1. The Labute approximate surface area is 159 Å². The second-order valence-electron chi connectivity index (χ2n) is 6.59. The number of nitrogens with zero attached hydrogens (tertiary/aromatic N) is 4. The lowest BCUT2D eigenvalue weighted by molar-refractivity contribution is 0.157. The highest BCUT2D eigenvalue weighted by molar-refractivity contribution is 7.89. The lowest BCUT2D eigenvalue weighted by Gasteiger charge is -2.31. The normalized spacial score (nSPS) is 16.8. The van der Waals surface area contributed by atoms with E-state index in [1.165, 1.54) is 0 Å². The molecule has 142 valence electrons. The number of hydrogen-bond donors (Lipinski definition) is 1. The quantitative estimate of drug-likeness (QED) is 0.728. The SMILES string of the molecule is CCCS(=O)(=O)NC1CCN(Cn2ncn(-c3ccccc3)c2=S)CC1. The van der Waals surface area contributed by atoms with Gasteiger partial charge in [-0.3, -0.25) is 9.47 Å². The highest BCUT2D eigenvalue weighted by Gasteiger charge is 2.23. The first-order valence-corrected chi connectivity index (χ1v) is 11.0. The average Bonchev–Trinajstić information content (AvgIpc) is 2.98. The Morgan fingerprint density at radius 3 is 2.58 bits per heavy atom. The van der Waals surface area contributed by atoms with Crippen molar-refractivity contribution in [1.82, 2.24) is 24.0 Å². The van der Waals surface area contributed by atoms with Crippen LogP contribution in [0.3, 0.4) is 0 Å². The van der Waals surface area contributed by atoms with Crippen LogP contribution in [-0.4, -0.2) is 52.5 Å². The number of hydrogen-bond acceptors (Lipinski definition) is 5. The number of para-hydroxylation sites is 1. The fourth-order valence-electron chi connectivity index (χ4n) is 3.16. The van der Waals surface area contributed by atoms with Crippen molar-refractivity contribution in [1.29, 1.82) is 0 Å². The molecule has 1 fully saturated rings. The van der Waals surface area contributed by atoms with E-state index >= 15 is 0 Å². The molecule has 2 aromatic rings. The van der Waals surface area contributed by atoms with Gasteiger partial charge in [0.2, 0.25) is 14.8 Å². The van der Waals surface area contributed by atoms with Crippen molar-refractivity contribution in [2.75, 3.05) is 18.8 Å². The lowest BCUT2D eigenvalue weighted by atomic mass is 10.1. The fourth-order valence-corrected chi connectivity index (χ4v) is 4.82. The Bertz CT molecular complexity index is 868. The number of piperidine rings is 1. The van der Waals surface area contributed by atoms with Gasteiger partial charge in [-0.15, -0.1) is 0 Å². The van der Waals surface area contributed by atoms with Gasteiger partial charge in [-0.05, 0) is 43.6 Å². The van der Waals surface area contributed by atoms with Crippen molar-refractivity contribution >= 4 is 22.2 Å². The van der Waals surface area contributed by atoms with Gasteiger partial charge < -0.3 is 0 Å². The maximum Gasteiger partial charge on any atom is 0.211 e. The first-order chi connectivity index (χ1) is 12.5. The van der Waals surface area contributed by atoms with E-state index in [1.54, 1.807) is 6.33 Å². The molecule has 0 atom stereocenters. The Balaban J connectivity index is 1.57. The van der Waals surface area contributed by atoms with Crippen LogP contribution in [0.25, 0.3) is 5.69 Å². The molecule has 1 N–H and O–H groups in total. The van der Waals surface area contributed by atoms with Crippen LogP contribution in [0.1, 0.15) is 26.2 Å². The van der Waals surface area contributed by atoms with Crippen LogP contribution < -0.4 is 4.72 Å². The van der Waals surface area contributed by atoms with E-state index in [0.29, 0.717) is 17.9 Å². The number of aromatic nitrogens is 3. The molecule has 26 heavy (non-hydrogen) atoms. The molecule has 9 heteroatoms. The van der Waals surface area contributed by atoms with Crippen molar-refractivity contribution in [3.05, 3.63) is 41.4 Å². The molecule has 1 aromatic heterocycles. The lowest BCUT2D eigenvalue weighted by Crippen LogP contribution is -2.45. The highest BCUT2D eigenvalue weighted by Crippen LogP contribution is 2.14. The van der Waals surface area contributed by atoms with E-state index < -0.39 is 10.0 Å². The van der Waals surface area contributed by atoms with E-state index in [9.17, 15) is 8.42 Å². The molecule has 0 radical (unpaired) electrons. The first-order valence-electron chi connectivity index (χ1n) is 8.91.